The molecule has 0 aliphatic rings. The lowest BCUT2D eigenvalue weighted by molar-refractivity contribution is 0.602. The van der Waals surface area contributed by atoms with E-state index in [0.29, 0.717) is 11.3 Å². The van der Waals surface area contributed by atoms with Crippen LogP contribution in [0.4, 0.5) is 0 Å². The highest BCUT2D eigenvalue weighted by molar-refractivity contribution is 7.90. The molecule has 4 aromatic carbocycles. The van der Waals surface area contributed by atoms with E-state index in [1.807, 2.05) is 107 Å². The van der Waals surface area contributed by atoms with Crippen molar-refractivity contribution in [2.24, 2.45) is 0 Å². The average molecular weight is 607 g/mol. The Morgan fingerprint density at radius 1 is 0.614 bits per heavy atom. The summed E-state index contributed by atoms with van der Waals surface area (Å²) in [6.45, 7) is 10.1. The van der Waals surface area contributed by atoms with Gasteiger partial charge in [0, 0.05) is 23.6 Å². The van der Waals surface area contributed by atoms with E-state index in [2.05, 4.69) is 36.8 Å². The molecule has 0 unspecified atom stereocenters. The summed E-state index contributed by atoms with van der Waals surface area (Å²) in [5, 5.41) is 0. The second-order valence-corrected chi connectivity index (χ2v) is 11.4. The van der Waals surface area contributed by atoms with Gasteiger partial charge in [0.15, 0.2) is 9.84 Å². The third-order valence-electron chi connectivity index (χ3n) is 6.56. The van der Waals surface area contributed by atoms with Gasteiger partial charge in [-0.1, -0.05) is 83.1 Å². The van der Waals surface area contributed by atoms with E-state index < -0.39 is 9.84 Å². The maximum atomic E-state index is 11.7. The second kappa shape index (κ2) is 14.5. The number of nitrogens with zero attached hydrogens (tertiary/aromatic N) is 4. The molecule has 0 aliphatic carbocycles. The van der Waals surface area contributed by atoms with E-state index in [-0.39, 0.29) is 4.90 Å². The molecule has 7 aromatic rings. The van der Waals surface area contributed by atoms with Crippen LogP contribution >= 0.6 is 0 Å². The van der Waals surface area contributed by atoms with Gasteiger partial charge < -0.3 is 9.97 Å². The summed E-state index contributed by atoms with van der Waals surface area (Å²) in [5.74, 6) is 1.51. The number of aromatic amines is 2. The fourth-order valence-electron chi connectivity index (χ4n) is 4.40. The van der Waals surface area contributed by atoms with Crippen molar-refractivity contribution in [2.75, 3.05) is 6.26 Å². The van der Waals surface area contributed by atoms with Crippen LogP contribution in [0.3, 0.4) is 0 Å². The molecule has 2 N–H and O–H groups in total. The van der Waals surface area contributed by atoms with Crippen molar-refractivity contribution in [2.45, 2.75) is 45.9 Å². The van der Waals surface area contributed by atoms with Gasteiger partial charge in [0.25, 0.3) is 0 Å². The van der Waals surface area contributed by atoms with E-state index in [4.69, 9.17) is 0 Å². The number of aromatic nitrogens is 6. The van der Waals surface area contributed by atoms with Crippen molar-refractivity contribution in [3.05, 3.63) is 103 Å². The van der Waals surface area contributed by atoms with Crippen molar-refractivity contribution < 1.29 is 8.42 Å². The predicted octanol–water partition coefficient (Wildman–Crippen LogP) is 8.42. The molecule has 3 heterocycles. The van der Waals surface area contributed by atoms with Crippen LogP contribution < -0.4 is 0 Å². The smallest absolute Gasteiger partial charge is 0.175 e. The SMILES string of the molecule is CC.CC.CCc1cnc2ccccc2n1.CS(=O)(=O)c1ccc2nc(-c3ccc(-c4nc5ccccc5[nH]4)cc3)[nH]c2c1. The topological polar surface area (TPSA) is 117 Å². The summed E-state index contributed by atoms with van der Waals surface area (Å²) in [6, 6.07) is 28.7. The van der Waals surface area contributed by atoms with Gasteiger partial charge in [0.2, 0.25) is 0 Å². The summed E-state index contributed by atoms with van der Waals surface area (Å²) in [6.07, 6.45) is 3.97. The monoisotopic (exact) mass is 606 g/mol. The summed E-state index contributed by atoms with van der Waals surface area (Å²) in [5.41, 5.74) is 8.25. The predicted molar refractivity (Wildman–Crippen MR) is 181 cm³/mol. The Morgan fingerprint density at radius 3 is 1.70 bits per heavy atom. The zero-order valence-electron chi connectivity index (χ0n) is 26.0. The minimum atomic E-state index is -3.26. The molecule has 0 amide bonds. The van der Waals surface area contributed by atoms with Gasteiger partial charge in [-0.05, 0) is 48.9 Å². The number of hydrogen-bond donors (Lipinski definition) is 2. The number of aryl methyl sites for hydroxylation is 1. The number of sulfone groups is 1. The van der Waals surface area contributed by atoms with Gasteiger partial charge >= 0.3 is 0 Å². The molecule has 3 aromatic heterocycles. The zero-order valence-corrected chi connectivity index (χ0v) is 26.8. The van der Waals surface area contributed by atoms with Crippen LogP contribution in [0.2, 0.25) is 0 Å². The fraction of sp³-hybridized carbons (Fsp3) is 0.200. The molecule has 0 saturated heterocycles. The van der Waals surface area contributed by atoms with Gasteiger partial charge in [-0.2, -0.15) is 0 Å². The van der Waals surface area contributed by atoms with Crippen LogP contribution in [0.1, 0.15) is 40.3 Å². The molecule has 0 saturated carbocycles. The molecule has 0 radical (unpaired) electrons. The molecule has 44 heavy (non-hydrogen) atoms. The number of H-pyrrole nitrogens is 2. The number of imidazole rings is 2. The highest BCUT2D eigenvalue weighted by Gasteiger charge is 2.12. The molecule has 8 nitrogen and oxygen atoms in total. The molecule has 226 valence electrons. The standard InChI is InChI=1S/C21H16N4O2S.C10H10N2.2C2H6/c1-28(26,27)15-10-11-18-19(12-15)25-21(24-18)14-8-6-13(7-9-14)20-22-16-4-2-3-5-17(16)23-20;1-2-8-7-11-9-5-3-4-6-10(9)12-8;2*1-2/h2-12H,1H3,(H,22,23)(H,24,25);3-7H,2H2,1H3;2*1-2H3. The van der Waals surface area contributed by atoms with E-state index in [0.717, 1.165) is 56.6 Å². The Labute approximate surface area is 258 Å². The first-order valence-corrected chi connectivity index (χ1v) is 16.7. The molecule has 9 heteroatoms. The average Bonchev–Trinajstić information content (AvgIpc) is 3.71. The van der Waals surface area contributed by atoms with E-state index in [1.165, 1.54) is 6.26 Å². The van der Waals surface area contributed by atoms with Crippen LogP contribution in [0, 0.1) is 0 Å². The lowest BCUT2D eigenvalue weighted by atomic mass is 10.1. The summed E-state index contributed by atoms with van der Waals surface area (Å²) in [4.78, 5) is 24.7. The molecular formula is C35H38N6O2S. The van der Waals surface area contributed by atoms with Crippen molar-refractivity contribution in [1.82, 2.24) is 29.9 Å². The van der Waals surface area contributed by atoms with Crippen LogP contribution in [0.15, 0.2) is 102 Å². The number of nitrogens with one attached hydrogen (secondary N) is 2. The van der Waals surface area contributed by atoms with Gasteiger partial charge in [-0.15, -0.1) is 0 Å². The third kappa shape index (κ3) is 7.36. The second-order valence-electron chi connectivity index (χ2n) is 9.42. The Kier molecular flexibility index (Phi) is 10.6. The number of fused-ring (bicyclic) bond motifs is 3. The minimum absolute atomic E-state index is 0.274. The number of hydrogen-bond acceptors (Lipinski definition) is 6. The van der Waals surface area contributed by atoms with Crippen molar-refractivity contribution >= 4 is 42.9 Å². The fourth-order valence-corrected chi connectivity index (χ4v) is 5.04. The third-order valence-corrected chi connectivity index (χ3v) is 7.67. The number of benzene rings is 4. The molecular weight excluding hydrogens is 568 g/mol. The summed E-state index contributed by atoms with van der Waals surface area (Å²) >= 11 is 0. The van der Waals surface area contributed by atoms with Gasteiger partial charge in [0.1, 0.15) is 11.6 Å². The molecule has 0 aliphatic heterocycles. The zero-order chi connectivity index (χ0) is 31.7. The normalized spacial score (nSPS) is 10.8. The van der Waals surface area contributed by atoms with Crippen molar-refractivity contribution in [3.63, 3.8) is 0 Å². The van der Waals surface area contributed by atoms with Crippen LogP contribution in [0.5, 0.6) is 0 Å². The maximum absolute atomic E-state index is 11.7. The van der Waals surface area contributed by atoms with Gasteiger partial charge in [-0.25, -0.2) is 23.4 Å². The lowest BCUT2D eigenvalue weighted by Crippen LogP contribution is -1.96. The summed E-state index contributed by atoms with van der Waals surface area (Å²) in [7, 11) is -3.26. The highest BCUT2D eigenvalue weighted by atomic mass is 32.2. The van der Waals surface area contributed by atoms with Gasteiger partial charge in [0.05, 0.1) is 43.7 Å². The first kappa shape index (κ1) is 32.0. The van der Waals surface area contributed by atoms with Crippen LogP contribution in [-0.2, 0) is 16.3 Å². The molecule has 0 spiro atoms. The Balaban J connectivity index is 0.000000231. The van der Waals surface area contributed by atoms with Crippen LogP contribution in [0.25, 0.3) is 55.9 Å². The number of rotatable bonds is 4. The van der Waals surface area contributed by atoms with Gasteiger partial charge in [-0.3, -0.25) is 4.98 Å². The Bertz CT molecular complexity index is 2050. The van der Waals surface area contributed by atoms with Crippen molar-refractivity contribution in [1.29, 1.82) is 0 Å². The Hall–Kier alpha value is -4.89. The first-order chi connectivity index (χ1) is 21.4. The maximum Gasteiger partial charge on any atom is 0.175 e. The molecule has 0 bridgehead atoms. The number of para-hydroxylation sites is 4. The van der Waals surface area contributed by atoms with E-state index in [9.17, 15) is 8.42 Å². The largest absolute Gasteiger partial charge is 0.338 e. The molecule has 0 atom stereocenters. The molecule has 7 rings (SSSR count). The van der Waals surface area contributed by atoms with Crippen LogP contribution in [-0.4, -0.2) is 44.6 Å². The highest BCUT2D eigenvalue weighted by Crippen LogP contribution is 2.26. The van der Waals surface area contributed by atoms with E-state index in [1.54, 1.807) is 18.2 Å². The quantitative estimate of drug-likeness (QED) is 0.208. The first-order valence-electron chi connectivity index (χ1n) is 14.8. The molecule has 0 fully saturated rings. The summed E-state index contributed by atoms with van der Waals surface area (Å²) < 4.78 is 23.5. The lowest BCUT2D eigenvalue weighted by Gasteiger charge is -1.99. The van der Waals surface area contributed by atoms with E-state index >= 15 is 0 Å². The van der Waals surface area contributed by atoms with Crippen molar-refractivity contribution in [3.8, 4) is 22.8 Å². The Morgan fingerprint density at radius 2 is 1.14 bits per heavy atom. The minimum Gasteiger partial charge on any atom is -0.338 e.